The number of carbonyl (C=O) groups is 1. The van der Waals surface area contributed by atoms with E-state index in [4.69, 9.17) is 0 Å². The van der Waals surface area contributed by atoms with Gasteiger partial charge in [0.1, 0.15) is 0 Å². The number of alkyl halides is 1. The van der Waals surface area contributed by atoms with E-state index in [9.17, 15) is 4.79 Å². The fourth-order valence-electron chi connectivity index (χ4n) is 1.20. The lowest BCUT2D eigenvalue weighted by Crippen LogP contribution is -2.26. The van der Waals surface area contributed by atoms with E-state index < -0.39 is 0 Å². The van der Waals surface area contributed by atoms with Gasteiger partial charge >= 0.3 is 0 Å². The van der Waals surface area contributed by atoms with Crippen LogP contribution >= 0.6 is 45.5 Å². The second-order valence-corrected chi connectivity index (χ2v) is 4.94. The Morgan fingerprint density at radius 2 is 2.07 bits per heavy atom. The minimum atomic E-state index is -0.322. The summed E-state index contributed by atoms with van der Waals surface area (Å²) in [4.78, 5) is 15.9. The van der Waals surface area contributed by atoms with Gasteiger partial charge in [-0.25, -0.2) is 3.11 Å². The van der Waals surface area contributed by atoms with E-state index in [0.717, 1.165) is 11.3 Å². The first kappa shape index (κ1) is 10.3. The third-order valence-electron chi connectivity index (χ3n) is 1.89. The number of aliphatic imine (C=N–C) groups is 1. The summed E-state index contributed by atoms with van der Waals surface area (Å²) < 4.78 is 1.30. The summed E-state index contributed by atoms with van der Waals surface area (Å²) >= 11 is 4.04. The van der Waals surface area contributed by atoms with Gasteiger partial charge in [0.2, 0.25) is 0 Å². The minimum Gasteiger partial charge on any atom is -0.270 e. The molecule has 0 saturated heterocycles. The van der Waals surface area contributed by atoms with Crippen molar-refractivity contribution >= 4 is 63.3 Å². The van der Waals surface area contributed by atoms with E-state index in [0.29, 0.717) is 0 Å². The highest BCUT2D eigenvalue weighted by molar-refractivity contribution is 14.1. The van der Waals surface area contributed by atoms with Gasteiger partial charge in [-0.2, -0.15) is 0 Å². The summed E-state index contributed by atoms with van der Waals surface area (Å²) in [6.07, 6.45) is 1.75. The second-order valence-electron chi connectivity index (χ2n) is 2.79. The van der Waals surface area contributed by atoms with Crippen LogP contribution < -0.4 is 3.11 Å². The monoisotopic (exact) mass is 412 g/mol. The third-order valence-corrected chi connectivity index (χ3v) is 3.74. The first-order valence-electron chi connectivity index (χ1n) is 3.96. The van der Waals surface area contributed by atoms with Gasteiger partial charge in [-0.15, -0.1) is 0 Å². The molecule has 1 amide bonds. The fraction of sp³-hybridized carbons (Fsp3) is 0.111. The molecule has 0 bridgehead atoms. The van der Waals surface area contributed by atoms with Gasteiger partial charge in [0.25, 0.3) is 5.91 Å². The molecule has 14 heavy (non-hydrogen) atoms. The zero-order chi connectivity index (χ0) is 10.1. The van der Waals surface area contributed by atoms with Crippen LogP contribution in [0.25, 0.3) is 0 Å². The summed E-state index contributed by atoms with van der Waals surface area (Å²) in [6, 6.07) is 7.72. The van der Waals surface area contributed by atoms with Crippen LogP contribution in [-0.2, 0) is 4.79 Å². The van der Waals surface area contributed by atoms with Crippen LogP contribution in [0.15, 0.2) is 29.3 Å². The van der Waals surface area contributed by atoms with Gasteiger partial charge in [0, 0.05) is 11.8 Å². The molecule has 3 nitrogen and oxygen atoms in total. The molecule has 2 rings (SSSR count). The largest absolute Gasteiger partial charge is 0.270 e. The van der Waals surface area contributed by atoms with Crippen LogP contribution in [0.4, 0.5) is 5.69 Å². The summed E-state index contributed by atoms with van der Waals surface area (Å²) in [6.45, 7) is 0. The first-order chi connectivity index (χ1) is 6.70. The van der Waals surface area contributed by atoms with E-state index in [2.05, 4.69) is 4.99 Å². The molecule has 0 aromatic heterocycles. The molecular formula is C9H6I2N2O. The normalized spacial score (nSPS) is 20.6. The third kappa shape index (κ3) is 1.79. The SMILES string of the molecule is O=C1C(I)N=Cc2ccccc2N1I. The van der Waals surface area contributed by atoms with Gasteiger partial charge in [0.05, 0.1) is 28.6 Å². The number of benzene rings is 1. The van der Waals surface area contributed by atoms with Gasteiger partial charge in [-0.3, -0.25) is 9.79 Å². The summed E-state index contributed by atoms with van der Waals surface area (Å²) in [5.74, 6) is 0.00685. The number of para-hydroxylation sites is 1. The molecule has 0 fully saturated rings. The Bertz CT molecular complexity index is 406. The van der Waals surface area contributed by atoms with E-state index in [1.165, 1.54) is 0 Å². The maximum atomic E-state index is 11.7. The standard InChI is InChI=1S/C9H6I2N2O/c10-8-9(14)13(11)7-4-2-1-3-6(7)5-12-8/h1-5,8H. The number of rotatable bonds is 0. The van der Waals surface area contributed by atoms with E-state index in [1.54, 1.807) is 9.33 Å². The van der Waals surface area contributed by atoms with Crippen molar-refractivity contribution in [3.05, 3.63) is 29.8 Å². The molecule has 1 aliphatic heterocycles. The maximum Gasteiger partial charge on any atom is 0.270 e. The predicted molar refractivity (Wildman–Crippen MR) is 73.4 cm³/mol. The number of fused-ring (bicyclic) bond motifs is 1. The smallest absolute Gasteiger partial charge is 0.270 e. The van der Waals surface area contributed by atoms with E-state index in [-0.39, 0.29) is 9.96 Å². The second kappa shape index (κ2) is 4.13. The van der Waals surface area contributed by atoms with Crippen LogP contribution in [0.2, 0.25) is 0 Å². The highest BCUT2D eigenvalue weighted by Crippen LogP contribution is 2.27. The number of amides is 1. The molecule has 72 valence electrons. The lowest BCUT2D eigenvalue weighted by Gasteiger charge is -2.14. The van der Waals surface area contributed by atoms with Crippen molar-refractivity contribution in [1.29, 1.82) is 0 Å². The molecule has 1 atom stereocenters. The molecule has 1 aromatic carbocycles. The summed E-state index contributed by atoms with van der Waals surface area (Å²) in [5, 5.41) is 0. The highest BCUT2D eigenvalue weighted by atomic mass is 127. The van der Waals surface area contributed by atoms with Crippen molar-refractivity contribution in [3.63, 3.8) is 0 Å². The Morgan fingerprint density at radius 3 is 2.86 bits per heavy atom. The average molecular weight is 412 g/mol. The average Bonchev–Trinajstić information content (AvgIpc) is 2.32. The zero-order valence-electron chi connectivity index (χ0n) is 7.02. The molecule has 1 heterocycles. The predicted octanol–water partition coefficient (Wildman–Crippen LogP) is 2.56. The minimum absolute atomic E-state index is 0.00685. The summed E-state index contributed by atoms with van der Waals surface area (Å²) in [5.41, 5.74) is 1.88. The lowest BCUT2D eigenvalue weighted by molar-refractivity contribution is -0.116. The van der Waals surface area contributed by atoms with E-state index >= 15 is 0 Å². The molecule has 1 unspecified atom stereocenters. The van der Waals surface area contributed by atoms with Gasteiger partial charge in [-0.05, 0) is 28.7 Å². The topological polar surface area (TPSA) is 32.7 Å². The molecule has 0 aliphatic carbocycles. The fourth-order valence-corrected chi connectivity index (χ4v) is 2.87. The van der Waals surface area contributed by atoms with Crippen molar-refractivity contribution in [3.8, 4) is 0 Å². The number of benzodiazepines with no additional fused rings is 1. The van der Waals surface area contributed by atoms with Crippen molar-refractivity contribution in [2.75, 3.05) is 3.11 Å². The van der Waals surface area contributed by atoms with Crippen LogP contribution in [0.1, 0.15) is 5.56 Å². The van der Waals surface area contributed by atoms with Gasteiger partial charge in [-0.1, -0.05) is 18.2 Å². The van der Waals surface area contributed by atoms with Crippen molar-refractivity contribution < 1.29 is 4.79 Å². The molecule has 5 heteroatoms. The van der Waals surface area contributed by atoms with Gasteiger partial charge < -0.3 is 0 Å². The molecule has 0 radical (unpaired) electrons. The Morgan fingerprint density at radius 1 is 1.36 bits per heavy atom. The Hall–Kier alpha value is -0.180. The number of halogens is 2. The molecule has 0 N–H and O–H groups in total. The van der Waals surface area contributed by atoms with Crippen molar-refractivity contribution in [1.82, 2.24) is 0 Å². The van der Waals surface area contributed by atoms with Crippen LogP contribution in [0.3, 0.4) is 0 Å². The quantitative estimate of drug-likeness (QED) is 0.279. The Labute approximate surface area is 109 Å². The maximum absolute atomic E-state index is 11.7. The molecule has 0 spiro atoms. The highest BCUT2D eigenvalue weighted by Gasteiger charge is 2.24. The number of hydrogen-bond acceptors (Lipinski definition) is 2. The van der Waals surface area contributed by atoms with Crippen LogP contribution in [0.5, 0.6) is 0 Å². The van der Waals surface area contributed by atoms with E-state index in [1.807, 2.05) is 69.7 Å². The zero-order valence-corrected chi connectivity index (χ0v) is 11.3. The van der Waals surface area contributed by atoms with Crippen LogP contribution in [-0.4, -0.2) is 16.2 Å². The molecular weight excluding hydrogens is 406 g/mol. The number of carbonyl (C=O) groups excluding carboxylic acids is 1. The molecule has 1 aromatic rings. The Balaban J connectivity index is 2.54. The van der Waals surface area contributed by atoms with Crippen LogP contribution in [0, 0.1) is 0 Å². The number of hydrogen-bond donors (Lipinski definition) is 0. The Kier molecular flexibility index (Phi) is 3.05. The van der Waals surface area contributed by atoms with Crippen molar-refractivity contribution in [2.24, 2.45) is 4.99 Å². The molecule has 0 saturated carbocycles. The number of nitrogens with zero attached hydrogens (tertiary/aromatic N) is 2. The first-order valence-corrected chi connectivity index (χ1v) is 6.17. The van der Waals surface area contributed by atoms with Gasteiger partial charge in [0.15, 0.2) is 4.05 Å². The van der Waals surface area contributed by atoms with Crippen molar-refractivity contribution in [2.45, 2.75) is 4.05 Å². The number of anilines is 1. The summed E-state index contributed by atoms with van der Waals surface area (Å²) in [7, 11) is 0. The molecule has 1 aliphatic rings. The lowest BCUT2D eigenvalue weighted by atomic mass is 10.2.